The number of nitrogens with two attached hydrogens (primary N) is 1. The van der Waals surface area contributed by atoms with E-state index in [1.165, 1.54) is 0 Å². The summed E-state index contributed by atoms with van der Waals surface area (Å²) in [7, 11) is 0. The molecule has 0 bridgehead atoms. The number of nitriles is 1. The van der Waals surface area contributed by atoms with Gasteiger partial charge in [-0.15, -0.1) is 0 Å². The molecule has 1 fully saturated rings. The summed E-state index contributed by atoms with van der Waals surface area (Å²) in [4.78, 5) is 12.7. The van der Waals surface area contributed by atoms with Crippen LogP contribution in [-0.2, 0) is 0 Å². The van der Waals surface area contributed by atoms with Gasteiger partial charge in [0.2, 0.25) is 0 Å². The predicted molar refractivity (Wildman–Crippen MR) is 82.0 cm³/mol. The van der Waals surface area contributed by atoms with E-state index < -0.39 is 0 Å². The van der Waals surface area contributed by atoms with Gasteiger partial charge in [-0.3, -0.25) is 4.98 Å². The monoisotopic (exact) mass is 280 g/mol. The molecule has 0 unspecified atom stereocenters. The number of aromatic nitrogens is 2. The molecule has 2 aromatic heterocycles. The molecule has 3 rings (SSSR count). The molecule has 2 aromatic rings. The van der Waals surface area contributed by atoms with Crippen LogP contribution in [-0.4, -0.2) is 36.1 Å². The van der Waals surface area contributed by atoms with Gasteiger partial charge in [0.15, 0.2) is 0 Å². The Labute approximate surface area is 123 Å². The van der Waals surface area contributed by atoms with Crippen LogP contribution in [0.3, 0.4) is 0 Å². The van der Waals surface area contributed by atoms with E-state index in [-0.39, 0.29) is 0 Å². The van der Waals surface area contributed by atoms with Crippen LogP contribution in [0.25, 0.3) is 0 Å². The van der Waals surface area contributed by atoms with Gasteiger partial charge in [-0.1, -0.05) is 0 Å². The van der Waals surface area contributed by atoms with E-state index in [9.17, 15) is 0 Å². The molecule has 1 aliphatic heterocycles. The lowest BCUT2D eigenvalue weighted by molar-refractivity contribution is 0.647. The van der Waals surface area contributed by atoms with Crippen molar-refractivity contribution >= 4 is 17.2 Å². The Morgan fingerprint density at radius 2 is 1.86 bits per heavy atom. The van der Waals surface area contributed by atoms with Crippen molar-refractivity contribution in [2.45, 2.75) is 0 Å². The Morgan fingerprint density at radius 1 is 1.10 bits per heavy atom. The number of pyridine rings is 2. The molecule has 3 heterocycles. The SMILES string of the molecule is N#Cc1cccnc1N1CCN(c2ccncc2N)CC1. The van der Waals surface area contributed by atoms with Crippen molar-refractivity contribution in [3.05, 3.63) is 42.4 Å². The Hall–Kier alpha value is -2.81. The molecule has 0 aliphatic carbocycles. The summed E-state index contributed by atoms with van der Waals surface area (Å²) in [5, 5.41) is 9.16. The summed E-state index contributed by atoms with van der Waals surface area (Å²) in [6.07, 6.45) is 5.16. The fourth-order valence-corrected chi connectivity index (χ4v) is 2.58. The standard InChI is InChI=1S/C15H16N6/c16-10-12-2-1-4-19-15(12)21-8-6-20(7-9-21)14-3-5-18-11-13(14)17/h1-5,11H,6-9,17H2. The Bertz CT molecular complexity index is 670. The molecule has 0 spiro atoms. The number of hydrogen-bond acceptors (Lipinski definition) is 6. The van der Waals surface area contributed by atoms with Crippen LogP contribution in [0.2, 0.25) is 0 Å². The minimum atomic E-state index is 0.620. The van der Waals surface area contributed by atoms with E-state index in [2.05, 4.69) is 25.8 Å². The van der Waals surface area contributed by atoms with Crippen molar-refractivity contribution < 1.29 is 0 Å². The highest BCUT2D eigenvalue weighted by Crippen LogP contribution is 2.24. The van der Waals surface area contributed by atoms with Crippen LogP contribution < -0.4 is 15.5 Å². The first-order valence-electron chi connectivity index (χ1n) is 6.84. The average Bonchev–Trinajstić information content (AvgIpc) is 2.55. The highest BCUT2D eigenvalue weighted by Gasteiger charge is 2.21. The highest BCUT2D eigenvalue weighted by molar-refractivity contribution is 5.66. The van der Waals surface area contributed by atoms with Gasteiger partial charge in [0.25, 0.3) is 0 Å². The Kier molecular flexibility index (Phi) is 3.56. The molecule has 21 heavy (non-hydrogen) atoms. The first-order valence-corrected chi connectivity index (χ1v) is 6.84. The number of hydrogen-bond donors (Lipinski definition) is 1. The molecular formula is C15H16N6. The van der Waals surface area contributed by atoms with Crippen molar-refractivity contribution in [3.8, 4) is 6.07 Å². The molecule has 0 radical (unpaired) electrons. The van der Waals surface area contributed by atoms with Crippen LogP contribution >= 0.6 is 0 Å². The van der Waals surface area contributed by atoms with E-state index >= 15 is 0 Å². The summed E-state index contributed by atoms with van der Waals surface area (Å²) >= 11 is 0. The maximum absolute atomic E-state index is 9.16. The highest BCUT2D eigenvalue weighted by atomic mass is 15.3. The lowest BCUT2D eigenvalue weighted by atomic mass is 10.2. The number of anilines is 3. The van der Waals surface area contributed by atoms with E-state index in [0.717, 1.165) is 37.7 Å². The molecule has 1 saturated heterocycles. The minimum absolute atomic E-state index is 0.620. The second-order valence-corrected chi connectivity index (χ2v) is 4.89. The van der Waals surface area contributed by atoms with Gasteiger partial charge in [0.05, 0.1) is 23.1 Å². The fraction of sp³-hybridized carbons (Fsp3) is 0.267. The number of rotatable bonds is 2. The first kappa shape index (κ1) is 13.2. The van der Waals surface area contributed by atoms with Crippen molar-refractivity contribution in [1.82, 2.24) is 9.97 Å². The number of piperazine rings is 1. The van der Waals surface area contributed by atoms with Gasteiger partial charge < -0.3 is 15.5 Å². The normalized spacial score (nSPS) is 14.8. The second kappa shape index (κ2) is 5.67. The number of nitrogens with zero attached hydrogens (tertiary/aromatic N) is 5. The molecule has 0 saturated carbocycles. The minimum Gasteiger partial charge on any atom is -0.396 e. The van der Waals surface area contributed by atoms with E-state index in [0.29, 0.717) is 11.3 Å². The molecule has 2 N–H and O–H groups in total. The maximum atomic E-state index is 9.16. The second-order valence-electron chi connectivity index (χ2n) is 4.89. The van der Waals surface area contributed by atoms with Gasteiger partial charge in [0, 0.05) is 38.6 Å². The van der Waals surface area contributed by atoms with Gasteiger partial charge in [-0.25, -0.2) is 4.98 Å². The van der Waals surface area contributed by atoms with Crippen LogP contribution in [0.15, 0.2) is 36.8 Å². The lowest BCUT2D eigenvalue weighted by Crippen LogP contribution is -2.47. The zero-order chi connectivity index (χ0) is 14.7. The molecule has 0 aromatic carbocycles. The fourth-order valence-electron chi connectivity index (χ4n) is 2.58. The van der Waals surface area contributed by atoms with Crippen LogP contribution in [0.5, 0.6) is 0 Å². The van der Waals surface area contributed by atoms with Gasteiger partial charge in [-0.2, -0.15) is 5.26 Å². The van der Waals surface area contributed by atoms with Gasteiger partial charge in [-0.05, 0) is 18.2 Å². The Morgan fingerprint density at radius 3 is 2.57 bits per heavy atom. The third-order valence-corrected chi connectivity index (χ3v) is 3.65. The lowest BCUT2D eigenvalue weighted by Gasteiger charge is -2.37. The smallest absolute Gasteiger partial charge is 0.146 e. The third-order valence-electron chi connectivity index (χ3n) is 3.65. The first-order chi connectivity index (χ1) is 10.3. The van der Waals surface area contributed by atoms with E-state index in [1.807, 2.05) is 6.07 Å². The van der Waals surface area contributed by atoms with Crippen LogP contribution in [0.1, 0.15) is 5.56 Å². The van der Waals surface area contributed by atoms with Crippen LogP contribution in [0.4, 0.5) is 17.2 Å². The Balaban J connectivity index is 1.74. The topological polar surface area (TPSA) is 82.1 Å². The average molecular weight is 280 g/mol. The zero-order valence-corrected chi connectivity index (χ0v) is 11.6. The summed E-state index contributed by atoms with van der Waals surface area (Å²) in [6.45, 7) is 3.31. The van der Waals surface area contributed by atoms with Gasteiger partial charge in [0.1, 0.15) is 11.9 Å². The van der Waals surface area contributed by atoms with Gasteiger partial charge >= 0.3 is 0 Å². The van der Waals surface area contributed by atoms with Crippen molar-refractivity contribution in [3.63, 3.8) is 0 Å². The summed E-state index contributed by atoms with van der Waals surface area (Å²) in [5.74, 6) is 0.766. The summed E-state index contributed by atoms with van der Waals surface area (Å²) < 4.78 is 0. The number of nitrogen functional groups attached to an aromatic ring is 1. The van der Waals surface area contributed by atoms with Crippen molar-refractivity contribution in [2.24, 2.45) is 0 Å². The largest absolute Gasteiger partial charge is 0.396 e. The maximum Gasteiger partial charge on any atom is 0.146 e. The molecule has 6 heteroatoms. The molecule has 0 amide bonds. The quantitative estimate of drug-likeness (QED) is 0.891. The predicted octanol–water partition coefficient (Wildman–Crippen LogP) is 1.26. The van der Waals surface area contributed by atoms with Crippen molar-refractivity contribution in [1.29, 1.82) is 5.26 Å². The molecule has 0 atom stereocenters. The van der Waals surface area contributed by atoms with E-state index in [1.54, 1.807) is 30.7 Å². The molecule has 106 valence electrons. The summed E-state index contributed by atoms with van der Waals surface area (Å²) in [5.41, 5.74) is 8.30. The van der Waals surface area contributed by atoms with Crippen molar-refractivity contribution in [2.75, 3.05) is 41.7 Å². The summed E-state index contributed by atoms with van der Waals surface area (Å²) in [6, 6.07) is 7.72. The van der Waals surface area contributed by atoms with E-state index in [4.69, 9.17) is 11.0 Å². The zero-order valence-electron chi connectivity index (χ0n) is 11.6. The molecule has 1 aliphatic rings. The molecule has 6 nitrogen and oxygen atoms in total. The van der Waals surface area contributed by atoms with Crippen LogP contribution in [0, 0.1) is 11.3 Å². The molecular weight excluding hydrogens is 264 g/mol. The third kappa shape index (κ3) is 2.58.